The lowest BCUT2D eigenvalue weighted by atomic mass is 9.76. The second-order valence-corrected chi connectivity index (χ2v) is 24.1. The first-order valence-corrected chi connectivity index (χ1v) is 28.2. The monoisotopic (exact) mass is 1070 g/mol. The number of nitrogens with zero attached hydrogens (tertiary/aromatic N) is 8. The number of carbonyl (C=O) groups excluding carboxylic acids is 2. The number of carbonyl (C=O) groups is 2. The smallest absolute Gasteiger partial charge is 0.410 e. The summed E-state index contributed by atoms with van der Waals surface area (Å²) in [4.78, 5) is 47.9. The number of aromatic nitrogens is 6. The zero-order chi connectivity index (χ0) is 53.7. The molecule has 2 fully saturated rings. The molecule has 4 aromatic heterocycles. The number of pyridine rings is 2. The van der Waals surface area contributed by atoms with Gasteiger partial charge in [-0.25, -0.2) is 19.6 Å². The first kappa shape index (κ1) is 54.8. The van der Waals surface area contributed by atoms with Gasteiger partial charge in [0, 0.05) is 98.3 Å². The van der Waals surface area contributed by atoms with Gasteiger partial charge in [0.05, 0.1) is 11.4 Å². The molecule has 0 radical (unpaired) electrons. The standard InChI is InChI=1S/C31H39ClN4O2.C31H37ClN4O2/c2*1-21-33-14-18-35(21)15-6-7-23-19-24-20-25(32)9-10-26(24)28(29-27(23)8-5-13-34-29)22-11-16-36(17-12-22)30(37)38-31(2,3)4/h5,8-10,13-14,18,20,22-23,28H,6-7,11-12,15-17,19H2,1-4H3;5,8-10,13-14,18-20,22,28H,6-7,11-12,15-17H2,1-4H3. The maximum absolute atomic E-state index is 12.7. The summed E-state index contributed by atoms with van der Waals surface area (Å²) in [5, 5.41) is 1.53. The molecule has 2 amide bonds. The molecule has 6 heterocycles. The third-order valence-electron chi connectivity index (χ3n) is 15.7. The molecule has 76 heavy (non-hydrogen) atoms. The van der Waals surface area contributed by atoms with Crippen LogP contribution in [0.1, 0.15) is 167 Å². The van der Waals surface area contributed by atoms with Gasteiger partial charge in [0.2, 0.25) is 0 Å². The molecular weight excluding hydrogens is 992 g/mol. The molecule has 4 aliphatic rings. The lowest BCUT2D eigenvalue weighted by Gasteiger charge is -2.37. The molecule has 12 nitrogen and oxygen atoms in total. The summed E-state index contributed by atoms with van der Waals surface area (Å²) >= 11 is 13.0. The molecule has 14 heteroatoms. The van der Waals surface area contributed by atoms with E-state index in [0.29, 0.717) is 43.9 Å². The molecular formula is C62H76Cl2N8O4. The van der Waals surface area contributed by atoms with Crippen LogP contribution in [0.4, 0.5) is 9.59 Å². The Kier molecular flexibility index (Phi) is 17.1. The van der Waals surface area contributed by atoms with E-state index in [1.807, 2.05) is 107 Å². The summed E-state index contributed by atoms with van der Waals surface area (Å²) in [5.74, 6) is 3.58. The van der Waals surface area contributed by atoms with Crippen molar-refractivity contribution in [1.29, 1.82) is 0 Å². The predicted octanol–water partition coefficient (Wildman–Crippen LogP) is 14.5. The lowest BCUT2D eigenvalue weighted by Crippen LogP contribution is -2.42. The van der Waals surface area contributed by atoms with Gasteiger partial charge >= 0.3 is 12.2 Å². The number of fused-ring (bicyclic) bond motifs is 4. The van der Waals surface area contributed by atoms with Crippen LogP contribution >= 0.6 is 23.2 Å². The van der Waals surface area contributed by atoms with Gasteiger partial charge in [-0.1, -0.05) is 53.5 Å². The maximum Gasteiger partial charge on any atom is 0.410 e. The Morgan fingerprint density at radius 3 is 1.71 bits per heavy atom. The number of hydrogen-bond donors (Lipinski definition) is 0. The second-order valence-electron chi connectivity index (χ2n) is 23.2. The average molecular weight is 1070 g/mol. The molecule has 2 aromatic carbocycles. The molecule has 0 N–H and O–H groups in total. The van der Waals surface area contributed by atoms with E-state index in [0.717, 1.165) is 98.3 Å². The Morgan fingerprint density at radius 2 is 1.14 bits per heavy atom. The number of rotatable bonds is 10. The van der Waals surface area contributed by atoms with Gasteiger partial charge in [0.1, 0.15) is 22.9 Å². The molecule has 2 saturated heterocycles. The highest BCUT2D eigenvalue weighted by atomic mass is 35.5. The van der Waals surface area contributed by atoms with Crippen LogP contribution in [0, 0.1) is 25.7 Å². The fourth-order valence-electron chi connectivity index (χ4n) is 12.0. The second kappa shape index (κ2) is 23.7. The number of likely N-dealkylation sites (tertiary alicyclic amines) is 2. The van der Waals surface area contributed by atoms with Crippen molar-refractivity contribution in [3.05, 3.63) is 164 Å². The number of allylic oxidation sites excluding steroid dienone is 1. The van der Waals surface area contributed by atoms with Crippen LogP contribution in [0.5, 0.6) is 0 Å². The van der Waals surface area contributed by atoms with Gasteiger partial charge in [0.25, 0.3) is 0 Å². The average Bonchev–Trinajstić information content (AvgIpc) is 3.98. The van der Waals surface area contributed by atoms with Crippen molar-refractivity contribution in [1.82, 2.24) is 38.9 Å². The summed E-state index contributed by atoms with van der Waals surface area (Å²) in [5.41, 5.74) is 10.4. The summed E-state index contributed by atoms with van der Waals surface area (Å²) in [7, 11) is 0. The highest BCUT2D eigenvalue weighted by Crippen LogP contribution is 2.48. The zero-order valence-electron chi connectivity index (χ0n) is 45.8. The van der Waals surface area contributed by atoms with Gasteiger partial charge in [0.15, 0.2) is 0 Å². The van der Waals surface area contributed by atoms with Crippen LogP contribution in [0.25, 0.3) is 11.6 Å². The van der Waals surface area contributed by atoms with E-state index in [4.69, 9.17) is 42.6 Å². The fourth-order valence-corrected chi connectivity index (χ4v) is 12.4. The molecule has 0 saturated carbocycles. The number of amides is 2. The number of halogens is 2. The third kappa shape index (κ3) is 13.2. The van der Waals surface area contributed by atoms with Gasteiger partial charge in [-0.2, -0.15) is 0 Å². The Labute approximate surface area is 460 Å². The summed E-state index contributed by atoms with van der Waals surface area (Å²) in [6.07, 6.45) is 22.3. The van der Waals surface area contributed by atoms with Crippen molar-refractivity contribution >= 4 is 47.0 Å². The fraction of sp³-hybridized carbons (Fsp3) is 0.484. The Bertz CT molecular complexity index is 2960. The Balaban J connectivity index is 0.000000186. The predicted molar refractivity (Wildman–Crippen MR) is 303 cm³/mol. The largest absolute Gasteiger partial charge is 0.444 e. The molecule has 2 aliphatic heterocycles. The van der Waals surface area contributed by atoms with Crippen molar-refractivity contribution in [2.24, 2.45) is 11.8 Å². The number of imidazole rings is 2. The molecule has 6 aromatic rings. The number of piperidine rings is 2. The van der Waals surface area contributed by atoms with Crippen LogP contribution < -0.4 is 0 Å². The van der Waals surface area contributed by atoms with E-state index < -0.39 is 11.2 Å². The minimum atomic E-state index is -0.491. The zero-order valence-corrected chi connectivity index (χ0v) is 47.3. The van der Waals surface area contributed by atoms with Crippen molar-refractivity contribution < 1.29 is 19.1 Å². The Hall–Kier alpha value is -5.98. The lowest BCUT2D eigenvalue weighted by molar-refractivity contribution is 0.0167. The summed E-state index contributed by atoms with van der Waals surface area (Å²) in [6, 6.07) is 21.3. The number of aryl methyl sites for hydroxylation is 4. The Morgan fingerprint density at radius 1 is 0.618 bits per heavy atom. The van der Waals surface area contributed by atoms with Crippen LogP contribution in [0.15, 0.2) is 97.8 Å². The van der Waals surface area contributed by atoms with Crippen molar-refractivity contribution in [2.75, 3.05) is 26.2 Å². The van der Waals surface area contributed by atoms with E-state index in [1.165, 1.54) is 44.6 Å². The first-order valence-electron chi connectivity index (χ1n) is 27.5. The van der Waals surface area contributed by atoms with Crippen LogP contribution in [-0.2, 0) is 29.0 Å². The number of hydrogen-bond acceptors (Lipinski definition) is 8. The van der Waals surface area contributed by atoms with E-state index in [2.05, 4.69) is 80.8 Å². The molecule has 402 valence electrons. The summed E-state index contributed by atoms with van der Waals surface area (Å²) in [6.45, 7) is 20.3. The molecule has 0 bridgehead atoms. The minimum Gasteiger partial charge on any atom is -0.444 e. The van der Waals surface area contributed by atoms with Gasteiger partial charge in [-0.05, 0) is 206 Å². The quantitative estimate of drug-likeness (QED) is 0.133. The van der Waals surface area contributed by atoms with E-state index in [1.54, 1.807) is 0 Å². The summed E-state index contributed by atoms with van der Waals surface area (Å²) < 4.78 is 15.7. The van der Waals surface area contributed by atoms with Crippen LogP contribution in [-0.4, -0.2) is 88.4 Å². The van der Waals surface area contributed by atoms with E-state index in [-0.39, 0.29) is 24.0 Å². The molecule has 3 atom stereocenters. The SMILES string of the molecule is Cc1nccn1CCCC1=Cc2cc(Cl)ccc2C(C2CCN(C(=O)OC(C)(C)C)CC2)c2ncccc21.Cc1nccn1CCCC1Cc2cc(Cl)ccc2C(C2CCN(C(=O)OC(C)(C)C)CC2)c2ncccc21. The van der Waals surface area contributed by atoms with E-state index in [9.17, 15) is 9.59 Å². The third-order valence-corrected chi connectivity index (χ3v) is 16.1. The van der Waals surface area contributed by atoms with Gasteiger partial charge in [-0.15, -0.1) is 0 Å². The van der Waals surface area contributed by atoms with Crippen LogP contribution in [0.2, 0.25) is 10.0 Å². The highest BCUT2D eigenvalue weighted by molar-refractivity contribution is 6.31. The highest BCUT2D eigenvalue weighted by Gasteiger charge is 2.39. The van der Waals surface area contributed by atoms with Crippen LogP contribution in [0.3, 0.4) is 0 Å². The first-order chi connectivity index (χ1) is 36.4. The van der Waals surface area contributed by atoms with Crippen molar-refractivity contribution in [3.63, 3.8) is 0 Å². The molecule has 3 unspecified atom stereocenters. The maximum atomic E-state index is 12.7. The van der Waals surface area contributed by atoms with E-state index >= 15 is 0 Å². The topological polar surface area (TPSA) is 120 Å². The van der Waals surface area contributed by atoms with Crippen molar-refractivity contribution in [3.8, 4) is 0 Å². The number of benzene rings is 2. The molecule has 10 rings (SSSR count). The van der Waals surface area contributed by atoms with Crippen molar-refractivity contribution in [2.45, 2.75) is 155 Å². The molecule has 0 spiro atoms. The number of ether oxygens (including phenoxy) is 2. The molecule has 2 aliphatic carbocycles. The minimum absolute atomic E-state index is 0.142. The normalized spacial score (nSPS) is 18.9. The van der Waals surface area contributed by atoms with Gasteiger partial charge < -0.3 is 28.4 Å². The van der Waals surface area contributed by atoms with Gasteiger partial charge in [-0.3, -0.25) is 9.97 Å².